The lowest BCUT2D eigenvalue weighted by Gasteiger charge is -2.20. The Morgan fingerprint density at radius 1 is 1.19 bits per heavy atom. The molecule has 0 bridgehead atoms. The van der Waals surface area contributed by atoms with Gasteiger partial charge in [-0.2, -0.15) is 0 Å². The SMILES string of the molecule is CCN1C(=O)C(=Cc2ccc(N(CC)CC)cc2)NC1=S. The Balaban J connectivity index is 2.19. The summed E-state index contributed by atoms with van der Waals surface area (Å²) >= 11 is 5.14. The third-order valence-corrected chi connectivity index (χ3v) is 3.93. The number of likely N-dealkylation sites (N-methyl/N-ethyl adjacent to an activating group) is 1. The van der Waals surface area contributed by atoms with Crippen molar-refractivity contribution in [3.05, 3.63) is 35.5 Å². The number of nitrogens with one attached hydrogen (secondary N) is 1. The number of hydrogen-bond acceptors (Lipinski definition) is 3. The number of carbonyl (C=O) groups is 1. The molecule has 4 nitrogen and oxygen atoms in total. The highest BCUT2D eigenvalue weighted by atomic mass is 32.1. The average molecular weight is 303 g/mol. The maximum Gasteiger partial charge on any atom is 0.276 e. The molecule has 0 spiro atoms. The monoisotopic (exact) mass is 303 g/mol. The Bertz CT molecular complexity index is 561. The predicted molar refractivity (Wildman–Crippen MR) is 91.1 cm³/mol. The maximum absolute atomic E-state index is 12.1. The van der Waals surface area contributed by atoms with E-state index in [1.54, 1.807) is 4.90 Å². The zero-order chi connectivity index (χ0) is 15.4. The van der Waals surface area contributed by atoms with E-state index in [1.807, 2.05) is 25.1 Å². The third-order valence-electron chi connectivity index (χ3n) is 3.61. The van der Waals surface area contributed by atoms with Crippen LogP contribution < -0.4 is 10.2 Å². The van der Waals surface area contributed by atoms with Crippen LogP contribution in [0.15, 0.2) is 30.0 Å². The number of amides is 1. The van der Waals surface area contributed by atoms with Crippen LogP contribution in [-0.2, 0) is 4.79 Å². The fourth-order valence-corrected chi connectivity index (χ4v) is 2.72. The fourth-order valence-electron chi connectivity index (χ4n) is 2.40. The molecule has 112 valence electrons. The first-order valence-electron chi connectivity index (χ1n) is 7.30. The minimum absolute atomic E-state index is 0.0599. The molecule has 0 radical (unpaired) electrons. The Labute approximate surface area is 131 Å². The van der Waals surface area contributed by atoms with Crippen LogP contribution in [0.3, 0.4) is 0 Å². The van der Waals surface area contributed by atoms with Gasteiger partial charge in [0.25, 0.3) is 5.91 Å². The molecule has 2 rings (SSSR count). The number of carbonyl (C=O) groups excluding carboxylic acids is 1. The molecule has 5 heteroatoms. The molecule has 1 fully saturated rings. The third kappa shape index (κ3) is 3.24. The number of hydrogen-bond donors (Lipinski definition) is 1. The lowest BCUT2D eigenvalue weighted by molar-refractivity contribution is -0.122. The summed E-state index contributed by atoms with van der Waals surface area (Å²) in [5, 5.41) is 3.45. The lowest BCUT2D eigenvalue weighted by atomic mass is 10.1. The Kier molecular flexibility index (Phi) is 4.96. The van der Waals surface area contributed by atoms with Crippen molar-refractivity contribution in [3.63, 3.8) is 0 Å². The molecule has 1 saturated heterocycles. The highest BCUT2D eigenvalue weighted by Crippen LogP contribution is 2.18. The molecule has 21 heavy (non-hydrogen) atoms. The molecule has 0 aliphatic carbocycles. The van der Waals surface area contributed by atoms with E-state index < -0.39 is 0 Å². The summed E-state index contributed by atoms with van der Waals surface area (Å²) in [4.78, 5) is 16.0. The van der Waals surface area contributed by atoms with Crippen LogP contribution in [0.1, 0.15) is 26.3 Å². The molecule has 1 heterocycles. The molecule has 1 N–H and O–H groups in total. The summed E-state index contributed by atoms with van der Waals surface area (Å²) in [6, 6.07) is 8.20. The maximum atomic E-state index is 12.1. The average Bonchev–Trinajstić information content (AvgIpc) is 2.76. The van der Waals surface area contributed by atoms with E-state index >= 15 is 0 Å². The smallest absolute Gasteiger partial charge is 0.276 e. The quantitative estimate of drug-likeness (QED) is 0.670. The van der Waals surface area contributed by atoms with Crippen molar-refractivity contribution >= 4 is 35.0 Å². The molecule has 0 atom stereocenters. The van der Waals surface area contributed by atoms with E-state index in [1.165, 1.54) is 5.69 Å². The van der Waals surface area contributed by atoms with Gasteiger partial charge in [0.1, 0.15) is 5.70 Å². The van der Waals surface area contributed by atoms with Crippen molar-refractivity contribution in [2.75, 3.05) is 24.5 Å². The first-order valence-corrected chi connectivity index (χ1v) is 7.71. The second-order valence-electron chi connectivity index (χ2n) is 4.80. The topological polar surface area (TPSA) is 35.6 Å². The van der Waals surface area contributed by atoms with Crippen molar-refractivity contribution < 1.29 is 4.79 Å². The summed E-state index contributed by atoms with van der Waals surface area (Å²) < 4.78 is 0. The summed E-state index contributed by atoms with van der Waals surface area (Å²) in [6.45, 7) is 8.74. The normalized spacial score (nSPS) is 16.5. The molecule has 1 aliphatic rings. The Hall–Kier alpha value is -1.88. The number of nitrogens with zero attached hydrogens (tertiary/aromatic N) is 2. The van der Waals surface area contributed by atoms with Crippen LogP contribution in [0, 0.1) is 0 Å². The number of benzene rings is 1. The standard InChI is InChI=1S/C16H21N3OS/c1-4-18(5-2)13-9-7-12(8-10-13)11-14-15(20)19(6-3)16(21)17-14/h7-11H,4-6H2,1-3H3,(H,17,21). The van der Waals surface area contributed by atoms with E-state index in [9.17, 15) is 4.79 Å². The van der Waals surface area contributed by atoms with Crippen LogP contribution in [0.5, 0.6) is 0 Å². The van der Waals surface area contributed by atoms with Gasteiger partial charge < -0.3 is 10.2 Å². The van der Waals surface area contributed by atoms with Gasteiger partial charge in [-0.25, -0.2) is 0 Å². The van der Waals surface area contributed by atoms with Gasteiger partial charge in [-0.3, -0.25) is 9.69 Å². The highest BCUT2D eigenvalue weighted by Gasteiger charge is 2.28. The van der Waals surface area contributed by atoms with Crippen LogP contribution >= 0.6 is 12.2 Å². The van der Waals surface area contributed by atoms with Gasteiger partial charge in [0.2, 0.25) is 0 Å². The first kappa shape index (κ1) is 15.5. The van der Waals surface area contributed by atoms with Crippen LogP contribution in [0.2, 0.25) is 0 Å². The minimum atomic E-state index is -0.0599. The molecule has 1 aromatic carbocycles. The molecule has 0 aromatic heterocycles. The van der Waals surface area contributed by atoms with Crippen LogP contribution in [0.4, 0.5) is 5.69 Å². The summed E-state index contributed by atoms with van der Waals surface area (Å²) in [7, 11) is 0. The Morgan fingerprint density at radius 2 is 1.81 bits per heavy atom. The summed E-state index contributed by atoms with van der Waals surface area (Å²) in [6.07, 6.45) is 1.84. The number of rotatable bonds is 5. The first-order chi connectivity index (χ1) is 10.1. The fraction of sp³-hybridized carbons (Fsp3) is 0.375. The van der Waals surface area contributed by atoms with Gasteiger partial charge in [-0.05, 0) is 56.8 Å². The second-order valence-corrected chi connectivity index (χ2v) is 5.19. The molecule has 1 aromatic rings. The van der Waals surface area contributed by atoms with Crippen LogP contribution in [0.25, 0.3) is 6.08 Å². The predicted octanol–water partition coefficient (Wildman–Crippen LogP) is 2.61. The number of thiocarbonyl (C=S) groups is 1. The van der Waals surface area contributed by atoms with E-state index in [0.29, 0.717) is 17.4 Å². The van der Waals surface area contributed by atoms with E-state index in [2.05, 4.69) is 36.2 Å². The van der Waals surface area contributed by atoms with Crippen molar-refractivity contribution in [1.82, 2.24) is 10.2 Å². The molecule has 0 unspecified atom stereocenters. The van der Waals surface area contributed by atoms with E-state index in [4.69, 9.17) is 12.2 Å². The molecular weight excluding hydrogens is 282 g/mol. The molecule has 1 amide bonds. The molecule has 1 aliphatic heterocycles. The van der Waals surface area contributed by atoms with Gasteiger partial charge >= 0.3 is 0 Å². The lowest BCUT2D eigenvalue weighted by Crippen LogP contribution is -2.30. The minimum Gasteiger partial charge on any atom is -0.372 e. The number of anilines is 1. The molecular formula is C16H21N3OS. The van der Waals surface area contributed by atoms with Crippen LogP contribution in [-0.4, -0.2) is 35.6 Å². The molecule has 0 saturated carbocycles. The van der Waals surface area contributed by atoms with Gasteiger partial charge in [-0.15, -0.1) is 0 Å². The summed E-state index contributed by atoms with van der Waals surface area (Å²) in [5.41, 5.74) is 2.72. The van der Waals surface area contributed by atoms with Crippen molar-refractivity contribution in [3.8, 4) is 0 Å². The van der Waals surface area contributed by atoms with E-state index in [-0.39, 0.29) is 5.91 Å². The van der Waals surface area contributed by atoms with Crippen molar-refractivity contribution in [2.24, 2.45) is 0 Å². The van der Waals surface area contributed by atoms with Gasteiger partial charge in [0.05, 0.1) is 0 Å². The van der Waals surface area contributed by atoms with Crippen molar-refractivity contribution in [2.45, 2.75) is 20.8 Å². The summed E-state index contributed by atoms with van der Waals surface area (Å²) in [5.74, 6) is -0.0599. The largest absolute Gasteiger partial charge is 0.372 e. The zero-order valence-corrected chi connectivity index (χ0v) is 13.5. The highest BCUT2D eigenvalue weighted by molar-refractivity contribution is 7.80. The van der Waals surface area contributed by atoms with Gasteiger partial charge in [-0.1, -0.05) is 12.1 Å². The van der Waals surface area contributed by atoms with Gasteiger partial charge in [0, 0.05) is 25.3 Å². The zero-order valence-electron chi connectivity index (χ0n) is 12.7. The van der Waals surface area contributed by atoms with Gasteiger partial charge in [0.15, 0.2) is 5.11 Å². The second kappa shape index (κ2) is 6.72. The Morgan fingerprint density at radius 3 is 2.29 bits per heavy atom. The van der Waals surface area contributed by atoms with E-state index in [0.717, 1.165) is 18.7 Å². The van der Waals surface area contributed by atoms with Crippen molar-refractivity contribution in [1.29, 1.82) is 0 Å².